The smallest absolute Gasteiger partial charge is 0.187 e. The second kappa shape index (κ2) is 2.76. The molecule has 1 aromatic carbocycles. The van der Waals surface area contributed by atoms with Crippen molar-refractivity contribution in [2.45, 2.75) is 0 Å². The molecule has 0 aliphatic carbocycles. The first-order valence-electron chi connectivity index (χ1n) is 3.83. The zero-order chi connectivity index (χ0) is 9.26. The predicted octanol–water partition coefficient (Wildman–Crippen LogP) is 2.37. The Balaban J connectivity index is 2.82. The van der Waals surface area contributed by atoms with Crippen LogP contribution >= 0.6 is 0 Å². The SMILES string of the molecule is [C-]#[N+]c1ccc2c(N)nccc2c1. The van der Waals surface area contributed by atoms with E-state index in [2.05, 4.69) is 9.83 Å². The Kier molecular flexibility index (Phi) is 1.60. The second-order valence-electron chi connectivity index (χ2n) is 2.71. The molecule has 0 bridgehead atoms. The van der Waals surface area contributed by atoms with E-state index in [9.17, 15) is 0 Å². The molecule has 0 aliphatic rings. The Morgan fingerprint density at radius 2 is 2.15 bits per heavy atom. The lowest BCUT2D eigenvalue weighted by Gasteiger charge is -1.99. The molecule has 0 amide bonds. The van der Waals surface area contributed by atoms with E-state index in [0.717, 1.165) is 10.8 Å². The molecule has 1 heterocycles. The van der Waals surface area contributed by atoms with Gasteiger partial charge in [-0.3, -0.25) is 0 Å². The van der Waals surface area contributed by atoms with Crippen LogP contribution < -0.4 is 5.73 Å². The molecule has 2 aromatic rings. The molecule has 0 atom stereocenters. The Morgan fingerprint density at radius 1 is 1.31 bits per heavy atom. The highest BCUT2D eigenvalue weighted by atomic mass is 14.8. The zero-order valence-corrected chi connectivity index (χ0v) is 6.86. The van der Waals surface area contributed by atoms with E-state index >= 15 is 0 Å². The number of nitrogens with zero attached hydrogens (tertiary/aromatic N) is 2. The van der Waals surface area contributed by atoms with Gasteiger partial charge >= 0.3 is 0 Å². The van der Waals surface area contributed by atoms with Crippen LogP contribution in [0.5, 0.6) is 0 Å². The largest absolute Gasteiger partial charge is 0.383 e. The van der Waals surface area contributed by atoms with Gasteiger partial charge in [-0.25, -0.2) is 9.83 Å². The minimum Gasteiger partial charge on any atom is -0.383 e. The standard InChI is InChI=1S/C10H7N3/c1-12-8-2-3-9-7(6-8)4-5-13-10(9)11/h2-6H,(H2,11,13). The number of fused-ring (bicyclic) bond motifs is 1. The third kappa shape index (κ3) is 1.18. The summed E-state index contributed by atoms with van der Waals surface area (Å²) in [5.74, 6) is 0.508. The Bertz CT molecular complexity index is 497. The van der Waals surface area contributed by atoms with Gasteiger partial charge < -0.3 is 5.73 Å². The van der Waals surface area contributed by atoms with Crippen molar-refractivity contribution in [3.05, 3.63) is 41.9 Å². The second-order valence-corrected chi connectivity index (χ2v) is 2.71. The summed E-state index contributed by atoms with van der Waals surface area (Å²) in [6, 6.07) is 7.22. The molecule has 0 unspecified atom stereocenters. The van der Waals surface area contributed by atoms with E-state index in [1.165, 1.54) is 0 Å². The molecule has 2 N–H and O–H groups in total. The average molecular weight is 169 g/mol. The minimum absolute atomic E-state index is 0.508. The highest BCUT2D eigenvalue weighted by molar-refractivity contribution is 5.92. The van der Waals surface area contributed by atoms with Crippen LogP contribution in [0.15, 0.2) is 30.5 Å². The molecule has 3 nitrogen and oxygen atoms in total. The lowest BCUT2D eigenvalue weighted by Crippen LogP contribution is -1.89. The van der Waals surface area contributed by atoms with Crippen LogP contribution in [0, 0.1) is 6.57 Å². The van der Waals surface area contributed by atoms with Crippen LogP contribution in [0.25, 0.3) is 15.6 Å². The monoisotopic (exact) mass is 169 g/mol. The number of rotatable bonds is 0. The van der Waals surface area contributed by atoms with Gasteiger partial charge in [-0.1, -0.05) is 12.1 Å². The van der Waals surface area contributed by atoms with E-state index in [0.29, 0.717) is 11.5 Å². The van der Waals surface area contributed by atoms with Crippen molar-refractivity contribution in [2.75, 3.05) is 5.73 Å². The number of aromatic nitrogens is 1. The summed E-state index contributed by atoms with van der Waals surface area (Å²) >= 11 is 0. The maximum atomic E-state index is 6.85. The third-order valence-corrected chi connectivity index (χ3v) is 1.91. The van der Waals surface area contributed by atoms with Crippen LogP contribution in [0.4, 0.5) is 11.5 Å². The van der Waals surface area contributed by atoms with Crippen LogP contribution in [-0.4, -0.2) is 4.98 Å². The third-order valence-electron chi connectivity index (χ3n) is 1.91. The Labute approximate surface area is 75.6 Å². The molecule has 0 fully saturated rings. The molecule has 13 heavy (non-hydrogen) atoms. The van der Waals surface area contributed by atoms with Crippen LogP contribution in [0.2, 0.25) is 0 Å². The first-order valence-corrected chi connectivity index (χ1v) is 3.83. The molecular weight excluding hydrogens is 162 g/mol. The topological polar surface area (TPSA) is 43.3 Å². The first kappa shape index (κ1) is 7.56. The number of anilines is 1. The van der Waals surface area contributed by atoms with Gasteiger partial charge in [0, 0.05) is 11.6 Å². The maximum Gasteiger partial charge on any atom is 0.187 e. The van der Waals surface area contributed by atoms with Crippen LogP contribution in [0.1, 0.15) is 0 Å². The quantitative estimate of drug-likeness (QED) is 0.615. The summed E-state index contributed by atoms with van der Waals surface area (Å²) in [6.45, 7) is 6.85. The van der Waals surface area contributed by atoms with Gasteiger partial charge in [0.15, 0.2) is 5.69 Å². The van der Waals surface area contributed by atoms with Gasteiger partial charge in [0.05, 0.1) is 6.57 Å². The normalized spacial score (nSPS) is 9.77. The molecule has 0 aliphatic heterocycles. The molecule has 2 rings (SSSR count). The van der Waals surface area contributed by atoms with Gasteiger partial charge in [0.25, 0.3) is 0 Å². The molecule has 1 aromatic heterocycles. The van der Waals surface area contributed by atoms with Crippen LogP contribution in [0.3, 0.4) is 0 Å². The van der Waals surface area contributed by atoms with Gasteiger partial charge in [-0.05, 0) is 17.5 Å². The summed E-state index contributed by atoms with van der Waals surface area (Å²) in [4.78, 5) is 7.30. The van der Waals surface area contributed by atoms with Crippen molar-refractivity contribution < 1.29 is 0 Å². The number of nitrogens with two attached hydrogens (primary N) is 1. The number of hydrogen-bond acceptors (Lipinski definition) is 2. The first-order chi connectivity index (χ1) is 6.31. The molecule has 0 radical (unpaired) electrons. The Morgan fingerprint density at radius 3 is 2.92 bits per heavy atom. The summed E-state index contributed by atoms with van der Waals surface area (Å²) in [5, 5.41) is 1.86. The van der Waals surface area contributed by atoms with Gasteiger partial charge in [-0.2, -0.15) is 0 Å². The highest BCUT2D eigenvalue weighted by Gasteiger charge is 1.98. The molecular formula is C10H7N3. The van der Waals surface area contributed by atoms with Crippen molar-refractivity contribution in [2.24, 2.45) is 0 Å². The summed E-state index contributed by atoms with van der Waals surface area (Å²) < 4.78 is 0. The molecule has 3 heteroatoms. The fourth-order valence-electron chi connectivity index (χ4n) is 1.26. The van der Waals surface area contributed by atoms with Crippen molar-refractivity contribution in [3.63, 3.8) is 0 Å². The maximum absolute atomic E-state index is 6.85. The van der Waals surface area contributed by atoms with E-state index < -0.39 is 0 Å². The lowest BCUT2D eigenvalue weighted by molar-refractivity contribution is 1.37. The lowest BCUT2D eigenvalue weighted by atomic mass is 10.1. The summed E-state index contributed by atoms with van der Waals surface area (Å²) in [5.41, 5.74) is 6.28. The highest BCUT2D eigenvalue weighted by Crippen LogP contribution is 2.23. The van der Waals surface area contributed by atoms with E-state index in [-0.39, 0.29) is 0 Å². The van der Waals surface area contributed by atoms with Crippen molar-refractivity contribution in [3.8, 4) is 0 Å². The fourth-order valence-corrected chi connectivity index (χ4v) is 1.26. The van der Waals surface area contributed by atoms with Gasteiger partial charge in [0.1, 0.15) is 5.82 Å². The molecule has 0 saturated heterocycles. The fraction of sp³-hybridized carbons (Fsp3) is 0. The molecule has 0 spiro atoms. The molecule has 0 saturated carbocycles. The number of hydrogen-bond donors (Lipinski definition) is 1. The van der Waals surface area contributed by atoms with Crippen molar-refractivity contribution in [1.82, 2.24) is 4.98 Å². The number of pyridine rings is 1. The Hall–Kier alpha value is -2.08. The van der Waals surface area contributed by atoms with E-state index in [1.807, 2.05) is 12.1 Å². The number of nitrogen functional groups attached to an aromatic ring is 1. The van der Waals surface area contributed by atoms with Crippen LogP contribution in [-0.2, 0) is 0 Å². The zero-order valence-electron chi connectivity index (χ0n) is 6.86. The summed E-state index contributed by atoms with van der Waals surface area (Å²) in [6.07, 6.45) is 1.64. The minimum atomic E-state index is 0.508. The number of benzene rings is 1. The van der Waals surface area contributed by atoms with E-state index in [1.54, 1.807) is 18.3 Å². The van der Waals surface area contributed by atoms with Gasteiger partial charge in [0.2, 0.25) is 0 Å². The van der Waals surface area contributed by atoms with Crippen molar-refractivity contribution >= 4 is 22.3 Å². The average Bonchev–Trinajstić information content (AvgIpc) is 2.18. The predicted molar refractivity (Wildman–Crippen MR) is 52.4 cm³/mol. The summed E-state index contributed by atoms with van der Waals surface area (Å²) in [7, 11) is 0. The van der Waals surface area contributed by atoms with Crippen molar-refractivity contribution in [1.29, 1.82) is 0 Å². The molecule has 62 valence electrons. The van der Waals surface area contributed by atoms with E-state index in [4.69, 9.17) is 12.3 Å². The van der Waals surface area contributed by atoms with Gasteiger partial charge in [-0.15, -0.1) is 0 Å².